The molecule has 0 spiro atoms. The van der Waals surface area contributed by atoms with Crippen LogP contribution < -0.4 is 21.3 Å². The predicted octanol–water partition coefficient (Wildman–Crippen LogP) is 1.47. The number of nitrogens with one attached hydrogen (secondary N) is 2. The summed E-state index contributed by atoms with van der Waals surface area (Å²) < 4.78 is 0. The molecular weight excluding hydrogens is 428 g/mol. The third kappa shape index (κ3) is 7.93. The zero-order valence-corrected chi connectivity index (χ0v) is 20.9. The highest BCUT2D eigenvalue weighted by Crippen LogP contribution is 2.28. The lowest BCUT2D eigenvalue weighted by Crippen LogP contribution is -2.47. The number of anilines is 3. The largest absolute Gasteiger partial charge is 0.395 e. The second-order valence-electron chi connectivity index (χ2n) is 10.4. The summed E-state index contributed by atoms with van der Waals surface area (Å²) in [7, 11) is 0. The van der Waals surface area contributed by atoms with Gasteiger partial charge in [-0.15, -0.1) is 0 Å². The molecule has 9 nitrogen and oxygen atoms in total. The van der Waals surface area contributed by atoms with Crippen molar-refractivity contribution in [2.75, 3.05) is 94.5 Å². The van der Waals surface area contributed by atoms with Crippen molar-refractivity contribution in [2.24, 2.45) is 11.8 Å². The van der Waals surface area contributed by atoms with Crippen molar-refractivity contribution < 1.29 is 5.11 Å². The van der Waals surface area contributed by atoms with E-state index < -0.39 is 0 Å². The van der Waals surface area contributed by atoms with Gasteiger partial charge >= 0.3 is 0 Å². The van der Waals surface area contributed by atoms with Crippen molar-refractivity contribution >= 4 is 17.6 Å². The fourth-order valence-corrected chi connectivity index (χ4v) is 5.65. The van der Waals surface area contributed by atoms with E-state index in [-0.39, 0.29) is 6.61 Å². The van der Waals surface area contributed by atoms with Gasteiger partial charge in [0.25, 0.3) is 0 Å². The summed E-state index contributed by atoms with van der Waals surface area (Å²) in [6.45, 7) is 11.7. The van der Waals surface area contributed by atoms with Crippen LogP contribution in [0, 0.1) is 11.8 Å². The van der Waals surface area contributed by atoms with E-state index >= 15 is 0 Å². The number of aliphatic hydroxyl groups excluding tert-OH is 1. The Kier molecular flexibility index (Phi) is 10.0. The van der Waals surface area contributed by atoms with Crippen LogP contribution in [0.1, 0.15) is 44.9 Å². The minimum Gasteiger partial charge on any atom is -0.395 e. The van der Waals surface area contributed by atoms with E-state index in [1.54, 1.807) is 0 Å². The van der Waals surface area contributed by atoms with Gasteiger partial charge < -0.3 is 31.3 Å². The fourth-order valence-electron chi connectivity index (χ4n) is 5.65. The van der Waals surface area contributed by atoms with Gasteiger partial charge in [0.2, 0.25) is 5.95 Å². The molecule has 0 radical (unpaired) electrons. The number of rotatable bonds is 12. The van der Waals surface area contributed by atoms with Crippen molar-refractivity contribution in [3.63, 3.8) is 0 Å². The monoisotopic (exact) mass is 474 g/mol. The van der Waals surface area contributed by atoms with Crippen LogP contribution in [0.2, 0.25) is 0 Å². The molecule has 0 aromatic carbocycles. The molecule has 1 aliphatic carbocycles. The molecule has 2 saturated heterocycles. The van der Waals surface area contributed by atoms with Crippen LogP contribution in [0.15, 0.2) is 6.07 Å². The Morgan fingerprint density at radius 2 is 1.56 bits per heavy atom. The Morgan fingerprint density at radius 3 is 2.26 bits per heavy atom. The first-order valence-electron chi connectivity index (χ1n) is 13.6. The fraction of sp³-hybridized carbons (Fsp3) is 0.840. The standard InChI is InChI=1S/C25H46N8O/c26-23-18-24(33-14-12-32(13-15-33)16-17-34)30-25(29-23)28-20-22-6-4-21(5-7-22)19-27-8-3-11-31-9-1-2-10-31/h18,21-22,27,34H,1-17,19-20H2,(H3,26,28,29,30)/t21-,22-. The lowest BCUT2D eigenvalue weighted by molar-refractivity contribution is 0.188. The average Bonchev–Trinajstić information content (AvgIpc) is 3.37. The molecule has 0 unspecified atom stereocenters. The molecular formula is C25H46N8O. The highest BCUT2D eigenvalue weighted by atomic mass is 16.3. The predicted molar refractivity (Wildman–Crippen MR) is 139 cm³/mol. The molecule has 3 heterocycles. The summed E-state index contributed by atoms with van der Waals surface area (Å²) in [5.41, 5.74) is 6.10. The van der Waals surface area contributed by atoms with E-state index in [2.05, 4.69) is 30.3 Å². The van der Waals surface area contributed by atoms with Crippen LogP contribution in [0.5, 0.6) is 0 Å². The zero-order valence-electron chi connectivity index (χ0n) is 20.9. The number of β-amino-alcohol motifs (C(OH)–C–C–N with tert-alkyl or cyclic N) is 1. The maximum absolute atomic E-state index is 9.14. The Labute approximate surface area is 205 Å². The van der Waals surface area contributed by atoms with Gasteiger partial charge in [-0.05, 0) is 89.5 Å². The topological polar surface area (TPSA) is 106 Å². The first kappa shape index (κ1) is 25.4. The quantitative estimate of drug-likeness (QED) is 0.335. The Morgan fingerprint density at radius 1 is 0.882 bits per heavy atom. The summed E-state index contributed by atoms with van der Waals surface area (Å²) in [5.74, 6) is 3.57. The van der Waals surface area contributed by atoms with Gasteiger partial charge in [0.1, 0.15) is 11.6 Å². The van der Waals surface area contributed by atoms with Crippen LogP contribution in [0.4, 0.5) is 17.6 Å². The second kappa shape index (κ2) is 13.4. The van der Waals surface area contributed by atoms with Gasteiger partial charge in [-0.2, -0.15) is 9.97 Å². The van der Waals surface area contributed by atoms with Crippen LogP contribution in [0.3, 0.4) is 0 Å². The minimum atomic E-state index is 0.214. The number of piperazine rings is 1. The molecule has 9 heteroatoms. The molecule has 0 amide bonds. The molecule has 1 aromatic heterocycles. The maximum Gasteiger partial charge on any atom is 0.226 e. The number of hydrogen-bond acceptors (Lipinski definition) is 9. The van der Waals surface area contributed by atoms with Crippen LogP contribution in [-0.2, 0) is 0 Å². The third-order valence-corrected chi connectivity index (χ3v) is 7.82. The summed E-state index contributed by atoms with van der Waals surface area (Å²) in [4.78, 5) is 16.3. The van der Waals surface area contributed by atoms with E-state index in [1.807, 2.05) is 6.07 Å². The van der Waals surface area contributed by atoms with Crippen LogP contribution in [-0.4, -0.2) is 103 Å². The molecule has 4 rings (SSSR count). The van der Waals surface area contributed by atoms with Crippen molar-refractivity contribution in [3.05, 3.63) is 6.07 Å². The van der Waals surface area contributed by atoms with Crippen LogP contribution >= 0.6 is 0 Å². The Balaban J connectivity index is 1.12. The number of nitrogens with two attached hydrogens (primary N) is 1. The molecule has 5 N–H and O–H groups in total. The van der Waals surface area contributed by atoms with Gasteiger partial charge in [0.15, 0.2) is 0 Å². The van der Waals surface area contributed by atoms with E-state index in [1.165, 1.54) is 71.1 Å². The third-order valence-electron chi connectivity index (χ3n) is 7.82. The molecule has 192 valence electrons. The van der Waals surface area contributed by atoms with Crippen molar-refractivity contribution in [1.29, 1.82) is 0 Å². The van der Waals surface area contributed by atoms with Crippen molar-refractivity contribution in [1.82, 2.24) is 25.1 Å². The van der Waals surface area contributed by atoms with Crippen LogP contribution in [0.25, 0.3) is 0 Å². The molecule has 1 aromatic rings. The van der Waals surface area contributed by atoms with Crippen molar-refractivity contribution in [2.45, 2.75) is 44.9 Å². The number of hydrogen-bond donors (Lipinski definition) is 4. The van der Waals surface area contributed by atoms with Gasteiger partial charge in [-0.1, -0.05) is 0 Å². The van der Waals surface area contributed by atoms with E-state index in [9.17, 15) is 0 Å². The van der Waals surface area contributed by atoms with E-state index in [0.717, 1.165) is 57.5 Å². The first-order valence-corrected chi connectivity index (χ1v) is 13.6. The number of aliphatic hydroxyl groups is 1. The smallest absolute Gasteiger partial charge is 0.226 e. The second-order valence-corrected chi connectivity index (χ2v) is 10.4. The Bertz CT molecular complexity index is 713. The van der Waals surface area contributed by atoms with Gasteiger partial charge in [0.05, 0.1) is 6.61 Å². The normalized spacial score (nSPS) is 24.6. The minimum absolute atomic E-state index is 0.214. The molecule has 34 heavy (non-hydrogen) atoms. The molecule has 2 aliphatic heterocycles. The highest BCUT2D eigenvalue weighted by Gasteiger charge is 2.22. The highest BCUT2D eigenvalue weighted by molar-refractivity contribution is 5.51. The van der Waals surface area contributed by atoms with E-state index in [4.69, 9.17) is 15.8 Å². The summed E-state index contributed by atoms with van der Waals surface area (Å²) >= 11 is 0. The SMILES string of the molecule is Nc1cc(N2CCN(CCO)CC2)nc(NC[C@H]2CC[C@H](CNCCCN3CCCC3)CC2)n1. The number of aromatic nitrogens is 2. The molecule has 3 fully saturated rings. The number of likely N-dealkylation sites (tertiary alicyclic amines) is 1. The van der Waals surface area contributed by atoms with E-state index in [0.29, 0.717) is 17.7 Å². The molecule has 3 aliphatic rings. The Hall–Kier alpha value is -1.68. The average molecular weight is 475 g/mol. The lowest BCUT2D eigenvalue weighted by Gasteiger charge is -2.35. The summed E-state index contributed by atoms with van der Waals surface area (Å²) in [5, 5.41) is 16.3. The lowest BCUT2D eigenvalue weighted by atomic mass is 9.82. The molecule has 0 atom stereocenters. The number of nitrogen functional groups attached to an aromatic ring is 1. The zero-order chi connectivity index (χ0) is 23.6. The van der Waals surface area contributed by atoms with Gasteiger partial charge in [-0.3, -0.25) is 4.90 Å². The first-order chi connectivity index (χ1) is 16.7. The van der Waals surface area contributed by atoms with Gasteiger partial charge in [0, 0.05) is 45.3 Å². The molecule has 1 saturated carbocycles. The molecule has 0 bridgehead atoms. The maximum atomic E-state index is 9.14. The summed E-state index contributed by atoms with van der Waals surface area (Å²) in [6.07, 6.45) is 9.23. The van der Waals surface area contributed by atoms with Crippen molar-refractivity contribution in [3.8, 4) is 0 Å². The number of nitrogens with zero attached hydrogens (tertiary/aromatic N) is 5. The van der Waals surface area contributed by atoms with Gasteiger partial charge in [-0.25, -0.2) is 0 Å². The summed E-state index contributed by atoms with van der Waals surface area (Å²) in [6, 6.07) is 1.87.